The lowest BCUT2D eigenvalue weighted by Gasteiger charge is -2.11. The van der Waals surface area contributed by atoms with E-state index in [9.17, 15) is 8.42 Å². The highest BCUT2D eigenvalue weighted by Gasteiger charge is 2.15. The zero-order chi connectivity index (χ0) is 11.9. The topological polar surface area (TPSA) is 79.2 Å². The van der Waals surface area contributed by atoms with Crippen LogP contribution in [0.2, 0.25) is 0 Å². The fraction of sp³-hybridized carbons (Fsp3) is 0.889. The lowest BCUT2D eigenvalue weighted by atomic mass is 10.3. The first-order valence-electron chi connectivity index (χ1n) is 4.92. The second-order valence-electron chi connectivity index (χ2n) is 3.45. The maximum Gasteiger partial charge on any atom is 0.215 e. The molecule has 0 aliphatic rings. The monoisotopic (exact) mass is 234 g/mol. The Balaban J connectivity index is 4.04. The summed E-state index contributed by atoms with van der Waals surface area (Å²) in [6.45, 7) is 5.57. The van der Waals surface area contributed by atoms with E-state index in [1.807, 2.05) is 19.9 Å². The van der Waals surface area contributed by atoms with Crippen LogP contribution in [0.4, 0.5) is 0 Å². The number of rotatable bonds is 7. The average Bonchev–Trinajstić information content (AvgIpc) is 2.13. The van der Waals surface area contributed by atoms with Crippen LogP contribution in [-0.4, -0.2) is 32.9 Å². The molecule has 0 aromatic rings. The van der Waals surface area contributed by atoms with Crippen molar-refractivity contribution < 1.29 is 13.2 Å². The van der Waals surface area contributed by atoms with E-state index < -0.39 is 16.1 Å². The van der Waals surface area contributed by atoms with Gasteiger partial charge in [0.05, 0.1) is 24.5 Å². The van der Waals surface area contributed by atoms with Crippen molar-refractivity contribution in [3.8, 4) is 6.07 Å². The second-order valence-corrected chi connectivity index (χ2v) is 5.32. The van der Waals surface area contributed by atoms with Crippen LogP contribution in [0.15, 0.2) is 0 Å². The molecule has 0 spiro atoms. The maximum absolute atomic E-state index is 11.4. The van der Waals surface area contributed by atoms with Gasteiger partial charge in [-0.2, -0.15) is 9.98 Å². The van der Waals surface area contributed by atoms with Gasteiger partial charge in [0.1, 0.15) is 6.04 Å². The minimum absolute atomic E-state index is 0.0122. The van der Waals surface area contributed by atoms with Gasteiger partial charge in [0, 0.05) is 0 Å². The van der Waals surface area contributed by atoms with Gasteiger partial charge in [-0.1, -0.05) is 6.92 Å². The largest absolute Gasteiger partial charge is 0.378 e. The lowest BCUT2D eigenvalue weighted by molar-refractivity contribution is 0.0911. The molecule has 0 rings (SSSR count). The van der Waals surface area contributed by atoms with E-state index >= 15 is 0 Å². The summed E-state index contributed by atoms with van der Waals surface area (Å²) in [5.41, 5.74) is 0. The molecule has 15 heavy (non-hydrogen) atoms. The molecule has 0 fully saturated rings. The summed E-state index contributed by atoms with van der Waals surface area (Å²) in [7, 11) is -3.40. The van der Waals surface area contributed by atoms with Crippen LogP contribution >= 0.6 is 0 Å². The third-order valence-electron chi connectivity index (χ3n) is 1.69. The summed E-state index contributed by atoms with van der Waals surface area (Å²) in [4.78, 5) is 0. The molecule has 0 bridgehead atoms. The highest BCUT2D eigenvalue weighted by atomic mass is 32.2. The summed E-state index contributed by atoms with van der Waals surface area (Å²) < 4.78 is 30.2. The Morgan fingerprint density at radius 2 is 2.07 bits per heavy atom. The van der Waals surface area contributed by atoms with Gasteiger partial charge in [0.2, 0.25) is 10.0 Å². The summed E-state index contributed by atoms with van der Waals surface area (Å²) >= 11 is 0. The van der Waals surface area contributed by atoms with Crippen molar-refractivity contribution >= 4 is 10.0 Å². The van der Waals surface area contributed by atoms with Crippen molar-refractivity contribution in [3.63, 3.8) is 0 Å². The first-order valence-corrected chi connectivity index (χ1v) is 6.57. The molecule has 1 unspecified atom stereocenters. The molecule has 1 N–H and O–H groups in total. The van der Waals surface area contributed by atoms with E-state index in [-0.39, 0.29) is 18.5 Å². The molecular formula is C9H18N2O3S. The highest BCUT2D eigenvalue weighted by Crippen LogP contribution is 1.95. The molecule has 0 aliphatic heterocycles. The van der Waals surface area contributed by atoms with Crippen LogP contribution in [0.1, 0.15) is 27.2 Å². The molecular weight excluding hydrogens is 216 g/mol. The number of ether oxygens (including phenoxy) is 1. The number of nitriles is 1. The Morgan fingerprint density at radius 1 is 1.47 bits per heavy atom. The normalized spacial score (nSPS) is 13.8. The Morgan fingerprint density at radius 3 is 2.47 bits per heavy atom. The SMILES string of the molecule is CCC(C#N)NS(=O)(=O)CCOC(C)C. The van der Waals surface area contributed by atoms with Gasteiger partial charge in [-0.05, 0) is 20.3 Å². The van der Waals surface area contributed by atoms with Crippen molar-refractivity contribution in [2.75, 3.05) is 12.4 Å². The summed E-state index contributed by atoms with van der Waals surface area (Å²) in [5, 5.41) is 8.59. The van der Waals surface area contributed by atoms with Gasteiger partial charge >= 0.3 is 0 Å². The Bertz CT molecular complexity index is 306. The van der Waals surface area contributed by atoms with Crippen molar-refractivity contribution in [3.05, 3.63) is 0 Å². The quantitative estimate of drug-likeness (QED) is 0.701. The van der Waals surface area contributed by atoms with Crippen LogP contribution in [0, 0.1) is 11.3 Å². The first kappa shape index (κ1) is 14.4. The Hall–Kier alpha value is -0.640. The molecule has 0 saturated carbocycles. The van der Waals surface area contributed by atoms with Crippen LogP contribution in [0.25, 0.3) is 0 Å². The fourth-order valence-electron chi connectivity index (χ4n) is 0.870. The van der Waals surface area contributed by atoms with Crippen molar-refractivity contribution in [1.29, 1.82) is 5.26 Å². The van der Waals surface area contributed by atoms with Gasteiger partial charge in [0.15, 0.2) is 0 Å². The van der Waals surface area contributed by atoms with Crippen LogP contribution < -0.4 is 4.72 Å². The van der Waals surface area contributed by atoms with Crippen molar-refractivity contribution in [2.24, 2.45) is 0 Å². The van der Waals surface area contributed by atoms with Crippen molar-refractivity contribution in [2.45, 2.75) is 39.3 Å². The first-order chi connectivity index (χ1) is 6.91. The Labute approximate surface area is 91.5 Å². The zero-order valence-electron chi connectivity index (χ0n) is 9.36. The summed E-state index contributed by atoms with van der Waals surface area (Å²) in [5.74, 6) is -0.108. The predicted octanol–water partition coefficient (Wildman–Crippen LogP) is 0.633. The molecule has 0 aromatic heterocycles. The van der Waals surface area contributed by atoms with Gasteiger partial charge in [-0.15, -0.1) is 0 Å². The minimum atomic E-state index is -3.40. The van der Waals surface area contributed by atoms with E-state index in [4.69, 9.17) is 10.00 Å². The fourth-order valence-corrected chi connectivity index (χ4v) is 1.96. The maximum atomic E-state index is 11.4. The van der Waals surface area contributed by atoms with E-state index in [0.29, 0.717) is 6.42 Å². The summed E-state index contributed by atoms with van der Waals surface area (Å²) in [6.07, 6.45) is 0.471. The number of nitrogens with one attached hydrogen (secondary N) is 1. The number of hydrogen-bond donors (Lipinski definition) is 1. The summed E-state index contributed by atoms with van der Waals surface area (Å²) in [6, 6.07) is 1.23. The van der Waals surface area contributed by atoms with Crippen molar-refractivity contribution in [1.82, 2.24) is 4.72 Å². The molecule has 0 radical (unpaired) electrons. The number of sulfonamides is 1. The lowest BCUT2D eigenvalue weighted by Crippen LogP contribution is -2.36. The van der Waals surface area contributed by atoms with E-state index in [1.165, 1.54) is 0 Å². The van der Waals surface area contributed by atoms with Crippen LogP contribution in [-0.2, 0) is 14.8 Å². The molecule has 0 amide bonds. The van der Waals surface area contributed by atoms with E-state index in [2.05, 4.69) is 4.72 Å². The smallest absolute Gasteiger partial charge is 0.215 e. The van der Waals surface area contributed by atoms with Crippen LogP contribution in [0.3, 0.4) is 0 Å². The minimum Gasteiger partial charge on any atom is -0.378 e. The third-order valence-corrected chi connectivity index (χ3v) is 3.04. The Kier molecular flexibility index (Phi) is 6.48. The molecule has 6 heteroatoms. The van der Waals surface area contributed by atoms with E-state index in [0.717, 1.165) is 0 Å². The molecule has 1 atom stereocenters. The van der Waals surface area contributed by atoms with Gasteiger partial charge in [0.25, 0.3) is 0 Å². The molecule has 0 saturated heterocycles. The molecule has 0 aromatic carbocycles. The standard InChI is InChI=1S/C9H18N2O3S/c1-4-9(7-10)11-15(12,13)6-5-14-8(2)3/h8-9,11H,4-6H2,1-3H3. The zero-order valence-corrected chi connectivity index (χ0v) is 10.2. The molecule has 0 aliphatic carbocycles. The predicted molar refractivity (Wildman–Crippen MR) is 57.7 cm³/mol. The third kappa shape index (κ3) is 7.31. The second kappa shape index (κ2) is 6.77. The van der Waals surface area contributed by atoms with Gasteiger partial charge in [-0.25, -0.2) is 8.42 Å². The van der Waals surface area contributed by atoms with Crippen LogP contribution in [0.5, 0.6) is 0 Å². The van der Waals surface area contributed by atoms with Gasteiger partial charge in [-0.3, -0.25) is 0 Å². The number of nitrogens with zero attached hydrogens (tertiary/aromatic N) is 1. The molecule has 88 valence electrons. The average molecular weight is 234 g/mol. The van der Waals surface area contributed by atoms with E-state index in [1.54, 1.807) is 6.92 Å². The van der Waals surface area contributed by atoms with Gasteiger partial charge < -0.3 is 4.74 Å². The molecule has 0 heterocycles. The number of hydrogen-bond acceptors (Lipinski definition) is 4. The highest BCUT2D eigenvalue weighted by molar-refractivity contribution is 7.89. The molecule has 5 nitrogen and oxygen atoms in total.